The Kier molecular flexibility index (Phi) is 3.46. The Morgan fingerprint density at radius 3 is 2.72 bits per heavy atom. The van der Waals surface area contributed by atoms with Crippen molar-refractivity contribution < 1.29 is 0 Å². The van der Waals surface area contributed by atoms with Crippen LogP contribution in [-0.2, 0) is 0 Å². The molecule has 5 rings (SSSR count). The van der Waals surface area contributed by atoms with E-state index in [-0.39, 0.29) is 0 Å². The molecule has 4 aliphatic heterocycles. The molecule has 0 saturated carbocycles. The first-order valence-corrected chi connectivity index (χ1v) is 8.70. The van der Waals surface area contributed by atoms with Gasteiger partial charge in [-0.05, 0) is 18.2 Å². The van der Waals surface area contributed by atoms with Gasteiger partial charge in [-0.3, -0.25) is 9.91 Å². The highest BCUT2D eigenvalue weighted by Crippen LogP contribution is 2.32. The Hall–Kier alpha value is -2.77. The van der Waals surface area contributed by atoms with Crippen LogP contribution in [0, 0.1) is 0 Å². The number of anilines is 1. The summed E-state index contributed by atoms with van der Waals surface area (Å²) in [5.41, 5.74) is 3.31. The molecule has 0 radical (unpaired) electrons. The summed E-state index contributed by atoms with van der Waals surface area (Å²) in [6.07, 6.45) is 6.29. The van der Waals surface area contributed by atoms with E-state index in [1.54, 1.807) is 0 Å². The van der Waals surface area contributed by atoms with Crippen molar-refractivity contribution in [3.8, 4) is 0 Å². The van der Waals surface area contributed by atoms with E-state index in [0.29, 0.717) is 6.67 Å². The van der Waals surface area contributed by atoms with Crippen LogP contribution in [0.15, 0.2) is 71.0 Å². The van der Waals surface area contributed by atoms with E-state index in [2.05, 4.69) is 72.4 Å². The lowest BCUT2D eigenvalue weighted by molar-refractivity contribution is 0.0414. The molecule has 0 amide bonds. The molecule has 0 bridgehead atoms. The van der Waals surface area contributed by atoms with Crippen LogP contribution in [0.3, 0.4) is 0 Å². The molecule has 128 valence electrons. The molecule has 1 saturated heterocycles. The number of hydrogen-bond acceptors (Lipinski definition) is 7. The minimum atomic E-state index is 0.617. The highest BCUT2D eigenvalue weighted by molar-refractivity contribution is 6.13. The number of hydrogen-bond donors (Lipinski definition) is 3. The molecule has 1 aromatic rings. The first-order chi connectivity index (χ1) is 12.4. The van der Waals surface area contributed by atoms with Gasteiger partial charge in [-0.25, -0.2) is 10.0 Å². The summed E-state index contributed by atoms with van der Waals surface area (Å²) in [5.74, 6) is 2.01. The minimum absolute atomic E-state index is 0.617. The molecule has 0 aliphatic carbocycles. The number of aliphatic imine (C=N–C) groups is 1. The van der Waals surface area contributed by atoms with Gasteiger partial charge >= 0.3 is 0 Å². The zero-order valence-corrected chi connectivity index (χ0v) is 13.9. The lowest BCUT2D eigenvalue weighted by Crippen LogP contribution is -2.53. The summed E-state index contributed by atoms with van der Waals surface area (Å²) >= 11 is 0. The molecule has 4 heterocycles. The van der Waals surface area contributed by atoms with Crippen molar-refractivity contribution in [2.24, 2.45) is 4.99 Å². The van der Waals surface area contributed by atoms with Crippen molar-refractivity contribution in [2.45, 2.75) is 0 Å². The number of fused-ring (bicyclic) bond motifs is 1. The van der Waals surface area contributed by atoms with Gasteiger partial charge in [0, 0.05) is 44.3 Å². The molecule has 1 fully saturated rings. The minimum Gasteiger partial charge on any atom is -0.363 e. The van der Waals surface area contributed by atoms with Gasteiger partial charge in [0.2, 0.25) is 0 Å². The first-order valence-electron chi connectivity index (χ1n) is 8.70. The second-order valence-electron chi connectivity index (χ2n) is 6.29. The number of nitrogens with zero attached hydrogens (tertiary/aromatic N) is 4. The van der Waals surface area contributed by atoms with Crippen LogP contribution in [0.4, 0.5) is 5.69 Å². The number of para-hydroxylation sites is 1. The molecule has 7 heteroatoms. The summed E-state index contributed by atoms with van der Waals surface area (Å²) in [7, 11) is 0. The second kappa shape index (κ2) is 5.94. The van der Waals surface area contributed by atoms with E-state index in [4.69, 9.17) is 0 Å². The number of hydrazine groups is 1. The van der Waals surface area contributed by atoms with Crippen molar-refractivity contribution in [1.29, 1.82) is 0 Å². The lowest BCUT2D eigenvalue weighted by Gasteiger charge is -2.43. The first kappa shape index (κ1) is 14.6. The molecule has 3 N–H and O–H groups in total. The van der Waals surface area contributed by atoms with Crippen molar-refractivity contribution in [3.63, 3.8) is 0 Å². The van der Waals surface area contributed by atoms with E-state index in [0.717, 1.165) is 54.9 Å². The maximum absolute atomic E-state index is 4.67. The third-order valence-electron chi connectivity index (χ3n) is 4.79. The second-order valence-corrected chi connectivity index (χ2v) is 6.29. The molecular weight excluding hydrogens is 314 g/mol. The van der Waals surface area contributed by atoms with Crippen molar-refractivity contribution in [3.05, 3.63) is 66.0 Å². The van der Waals surface area contributed by atoms with Crippen LogP contribution in [0.5, 0.6) is 0 Å². The molecule has 0 unspecified atom stereocenters. The highest BCUT2D eigenvalue weighted by Gasteiger charge is 2.35. The Balaban J connectivity index is 1.60. The number of piperazine rings is 1. The van der Waals surface area contributed by atoms with Crippen LogP contribution in [0.2, 0.25) is 0 Å². The predicted molar refractivity (Wildman–Crippen MR) is 98.0 cm³/mol. The van der Waals surface area contributed by atoms with Crippen LogP contribution < -0.4 is 20.9 Å². The Labute approximate surface area is 147 Å². The Morgan fingerprint density at radius 2 is 1.88 bits per heavy atom. The topological polar surface area (TPSA) is 58.2 Å². The van der Waals surface area contributed by atoms with Crippen LogP contribution in [0.25, 0.3) is 0 Å². The largest absolute Gasteiger partial charge is 0.363 e. The van der Waals surface area contributed by atoms with Gasteiger partial charge in [0.25, 0.3) is 0 Å². The van der Waals surface area contributed by atoms with E-state index in [1.807, 2.05) is 12.3 Å². The predicted octanol–water partition coefficient (Wildman–Crippen LogP) is 0.715. The molecule has 0 spiro atoms. The van der Waals surface area contributed by atoms with Gasteiger partial charge in [-0.15, -0.1) is 0 Å². The zero-order chi connectivity index (χ0) is 16.6. The van der Waals surface area contributed by atoms with Crippen molar-refractivity contribution in [2.75, 3.05) is 37.7 Å². The Morgan fingerprint density at radius 1 is 1.04 bits per heavy atom. The third kappa shape index (κ3) is 2.40. The van der Waals surface area contributed by atoms with Gasteiger partial charge in [0.1, 0.15) is 18.2 Å². The van der Waals surface area contributed by atoms with Gasteiger partial charge in [0.15, 0.2) is 5.84 Å². The van der Waals surface area contributed by atoms with E-state index in [1.165, 1.54) is 0 Å². The fourth-order valence-electron chi connectivity index (χ4n) is 3.62. The summed E-state index contributed by atoms with van der Waals surface area (Å²) < 4.78 is 0. The molecule has 0 aromatic heterocycles. The standard InChI is InChI=1S/C18H21N7/c1-2-4-14(5-3-1)25-17-15(21-13-22-17)12-16-18(25)20-8-11-24(16)23-9-6-19-7-10-23/h1-5,8,11-12,19-21H,6-7,9-10,13H2. The normalized spacial score (nSPS) is 22.7. The highest BCUT2D eigenvalue weighted by atomic mass is 15.6. The zero-order valence-electron chi connectivity index (χ0n) is 13.9. The van der Waals surface area contributed by atoms with Crippen LogP contribution in [-0.4, -0.2) is 48.7 Å². The van der Waals surface area contributed by atoms with Gasteiger partial charge in [-0.2, -0.15) is 0 Å². The monoisotopic (exact) mass is 335 g/mol. The number of rotatable bonds is 2. The SMILES string of the molecule is C1=CN(N2CCNCC2)C2=C(N1)N(c1ccccc1)C1=NCNC1=C2. The van der Waals surface area contributed by atoms with Gasteiger partial charge in [0.05, 0.1) is 5.70 Å². The molecular formula is C18H21N7. The van der Waals surface area contributed by atoms with Crippen molar-refractivity contribution >= 4 is 11.5 Å². The van der Waals surface area contributed by atoms with E-state index in [9.17, 15) is 0 Å². The average Bonchev–Trinajstić information content (AvgIpc) is 3.15. The number of nitrogens with one attached hydrogen (secondary N) is 3. The average molecular weight is 335 g/mol. The smallest absolute Gasteiger partial charge is 0.159 e. The Bertz CT molecular complexity index is 787. The van der Waals surface area contributed by atoms with Crippen LogP contribution >= 0.6 is 0 Å². The summed E-state index contributed by atoms with van der Waals surface area (Å²) in [5, 5.41) is 14.9. The quantitative estimate of drug-likeness (QED) is 0.740. The fraction of sp³-hybridized carbons (Fsp3) is 0.278. The van der Waals surface area contributed by atoms with E-state index >= 15 is 0 Å². The number of amidine groups is 1. The van der Waals surface area contributed by atoms with Crippen LogP contribution in [0.1, 0.15) is 0 Å². The third-order valence-corrected chi connectivity index (χ3v) is 4.79. The molecule has 4 aliphatic rings. The maximum Gasteiger partial charge on any atom is 0.159 e. The van der Waals surface area contributed by atoms with Gasteiger partial charge < -0.3 is 16.0 Å². The number of benzene rings is 1. The molecule has 7 nitrogen and oxygen atoms in total. The summed E-state index contributed by atoms with van der Waals surface area (Å²) in [4.78, 5) is 6.86. The fourth-order valence-corrected chi connectivity index (χ4v) is 3.62. The molecule has 0 atom stereocenters. The lowest BCUT2D eigenvalue weighted by atomic mass is 10.1. The molecule has 25 heavy (non-hydrogen) atoms. The summed E-state index contributed by atoms with van der Waals surface area (Å²) in [6.45, 7) is 4.61. The maximum atomic E-state index is 4.67. The van der Waals surface area contributed by atoms with Crippen molar-refractivity contribution in [1.82, 2.24) is 26.0 Å². The molecule has 1 aromatic carbocycles. The van der Waals surface area contributed by atoms with Gasteiger partial charge in [-0.1, -0.05) is 18.2 Å². The summed E-state index contributed by atoms with van der Waals surface area (Å²) in [6, 6.07) is 10.4. The number of allylic oxidation sites excluding steroid dienone is 1. The van der Waals surface area contributed by atoms with E-state index < -0.39 is 0 Å².